The molecular formula is C21H17NO2. The second-order valence-corrected chi connectivity index (χ2v) is 5.54. The molecule has 0 fully saturated rings. The lowest BCUT2D eigenvalue weighted by Gasteiger charge is -2.33. The second kappa shape index (κ2) is 6.50. The van der Waals surface area contributed by atoms with E-state index >= 15 is 0 Å². The molecule has 3 aromatic rings. The van der Waals surface area contributed by atoms with E-state index in [9.17, 15) is 9.59 Å². The lowest BCUT2D eigenvalue weighted by Crippen LogP contribution is -2.45. The van der Waals surface area contributed by atoms with Crippen molar-refractivity contribution in [2.45, 2.75) is 5.41 Å². The lowest BCUT2D eigenvalue weighted by atomic mass is 9.66. The number of hydrogen-bond donors (Lipinski definition) is 1. The molecule has 118 valence electrons. The molecule has 0 unspecified atom stereocenters. The predicted molar refractivity (Wildman–Crippen MR) is 93.4 cm³/mol. The molecule has 0 radical (unpaired) electrons. The molecule has 0 saturated heterocycles. The number of primary amides is 1. The molecule has 24 heavy (non-hydrogen) atoms. The van der Waals surface area contributed by atoms with Crippen molar-refractivity contribution >= 4 is 11.7 Å². The summed E-state index contributed by atoms with van der Waals surface area (Å²) in [6.45, 7) is 0. The predicted octanol–water partition coefficient (Wildman–Crippen LogP) is 3.08. The maximum Gasteiger partial charge on any atom is 0.286 e. The van der Waals surface area contributed by atoms with Crippen LogP contribution >= 0.6 is 0 Å². The summed E-state index contributed by atoms with van der Waals surface area (Å²) in [7, 11) is 0. The van der Waals surface area contributed by atoms with Gasteiger partial charge in [0.15, 0.2) is 0 Å². The van der Waals surface area contributed by atoms with Gasteiger partial charge in [0, 0.05) is 0 Å². The van der Waals surface area contributed by atoms with Gasteiger partial charge in [-0.1, -0.05) is 91.0 Å². The molecule has 0 aliphatic rings. The van der Waals surface area contributed by atoms with Gasteiger partial charge < -0.3 is 5.73 Å². The normalized spacial score (nSPS) is 11.0. The Balaban J connectivity index is 2.42. The molecule has 3 heteroatoms. The van der Waals surface area contributed by atoms with Gasteiger partial charge in [-0.3, -0.25) is 9.59 Å². The molecule has 0 bridgehead atoms. The highest BCUT2D eigenvalue weighted by Crippen LogP contribution is 2.40. The van der Waals surface area contributed by atoms with E-state index in [4.69, 9.17) is 5.73 Å². The van der Waals surface area contributed by atoms with Gasteiger partial charge in [-0.2, -0.15) is 0 Å². The molecule has 2 N–H and O–H groups in total. The highest BCUT2D eigenvalue weighted by Gasteiger charge is 2.45. The van der Waals surface area contributed by atoms with Gasteiger partial charge in [0.2, 0.25) is 5.78 Å². The number of hydrogen-bond acceptors (Lipinski definition) is 2. The van der Waals surface area contributed by atoms with E-state index in [-0.39, 0.29) is 0 Å². The van der Waals surface area contributed by atoms with Crippen LogP contribution in [-0.2, 0) is 15.0 Å². The third kappa shape index (κ3) is 2.50. The molecule has 0 aliphatic carbocycles. The average molecular weight is 315 g/mol. The van der Waals surface area contributed by atoms with E-state index in [1.165, 1.54) is 0 Å². The van der Waals surface area contributed by atoms with Crippen molar-refractivity contribution < 1.29 is 9.59 Å². The van der Waals surface area contributed by atoms with Gasteiger partial charge in [-0.25, -0.2) is 0 Å². The fraction of sp³-hybridized carbons (Fsp3) is 0.0476. The average Bonchev–Trinajstić information content (AvgIpc) is 2.65. The Hall–Kier alpha value is -3.20. The smallest absolute Gasteiger partial charge is 0.286 e. The molecule has 1 amide bonds. The minimum absolute atomic E-state index is 0.647. The Morgan fingerprint density at radius 2 is 0.875 bits per heavy atom. The van der Waals surface area contributed by atoms with Gasteiger partial charge in [0.1, 0.15) is 5.41 Å². The zero-order valence-corrected chi connectivity index (χ0v) is 13.1. The van der Waals surface area contributed by atoms with Crippen molar-refractivity contribution in [2.24, 2.45) is 5.73 Å². The summed E-state index contributed by atoms with van der Waals surface area (Å²) in [5.74, 6) is -1.60. The summed E-state index contributed by atoms with van der Waals surface area (Å²) in [5.41, 5.74) is 6.33. The Kier molecular flexibility index (Phi) is 4.25. The highest BCUT2D eigenvalue weighted by atomic mass is 16.2. The summed E-state index contributed by atoms with van der Waals surface area (Å²) >= 11 is 0. The first-order chi connectivity index (χ1) is 11.7. The maximum atomic E-state index is 13.1. The van der Waals surface area contributed by atoms with Gasteiger partial charge in [0.25, 0.3) is 5.91 Å². The van der Waals surface area contributed by atoms with Crippen LogP contribution in [0, 0.1) is 0 Å². The van der Waals surface area contributed by atoms with Crippen molar-refractivity contribution in [1.82, 2.24) is 0 Å². The zero-order valence-electron chi connectivity index (χ0n) is 13.1. The van der Waals surface area contributed by atoms with Crippen LogP contribution < -0.4 is 5.73 Å². The van der Waals surface area contributed by atoms with Crippen molar-refractivity contribution in [2.75, 3.05) is 0 Å². The fourth-order valence-electron chi connectivity index (χ4n) is 3.14. The first-order valence-corrected chi connectivity index (χ1v) is 7.68. The topological polar surface area (TPSA) is 60.2 Å². The summed E-state index contributed by atoms with van der Waals surface area (Å²) in [5, 5.41) is 0. The van der Waals surface area contributed by atoms with Crippen LogP contribution in [0.5, 0.6) is 0 Å². The number of rotatable bonds is 5. The number of carbonyl (C=O) groups excluding carboxylic acids is 2. The SMILES string of the molecule is NC(=O)C(=O)C(c1ccccc1)(c1ccccc1)c1ccccc1. The molecule has 0 atom stereocenters. The first-order valence-electron chi connectivity index (χ1n) is 7.68. The van der Waals surface area contributed by atoms with E-state index in [0.717, 1.165) is 0 Å². The van der Waals surface area contributed by atoms with Gasteiger partial charge in [-0.15, -0.1) is 0 Å². The van der Waals surface area contributed by atoms with E-state index < -0.39 is 17.1 Å². The number of nitrogens with two attached hydrogens (primary N) is 1. The minimum Gasteiger partial charge on any atom is -0.363 e. The third-order valence-corrected chi connectivity index (χ3v) is 4.18. The summed E-state index contributed by atoms with van der Waals surface area (Å²) in [6.07, 6.45) is 0. The van der Waals surface area contributed by atoms with Crippen LogP contribution in [0.25, 0.3) is 0 Å². The molecule has 0 heterocycles. The van der Waals surface area contributed by atoms with Crippen LogP contribution in [0.1, 0.15) is 16.7 Å². The van der Waals surface area contributed by atoms with E-state index in [1.807, 2.05) is 91.0 Å². The van der Waals surface area contributed by atoms with Crippen molar-refractivity contribution in [1.29, 1.82) is 0 Å². The second-order valence-electron chi connectivity index (χ2n) is 5.54. The third-order valence-electron chi connectivity index (χ3n) is 4.18. The molecule has 3 rings (SSSR count). The van der Waals surface area contributed by atoms with Gasteiger partial charge in [0.05, 0.1) is 0 Å². The molecular weight excluding hydrogens is 298 g/mol. The molecule has 0 aliphatic heterocycles. The minimum atomic E-state index is -1.25. The fourth-order valence-corrected chi connectivity index (χ4v) is 3.14. The lowest BCUT2D eigenvalue weighted by molar-refractivity contribution is -0.137. The zero-order chi connectivity index (χ0) is 17.0. The van der Waals surface area contributed by atoms with Crippen LogP contribution in [0.3, 0.4) is 0 Å². The largest absolute Gasteiger partial charge is 0.363 e. The van der Waals surface area contributed by atoms with Crippen LogP contribution in [0.4, 0.5) is 0 Å². The van der Waals surface area contributed by atoms with Crippen LogP contribution in [0.15, 0.2) is 91.0 Å². The number of benzene rings is 3. The van der Waals surface area contributed by atoms with E-state index in [0.29, 0.717) is 16.7 Å². The van der Waals surface area contributed by atoms with E-state index in [1.54, 1.807) is 0 Å². The standard InChI is InChI=1S/C21H17NO2/c22-20(24)19(23)21(16-10-4-1-5-11-16,17-12-6-2-7-13-17)18-14-8-3-9-15-18/h1-15H,(H2,22,24). The molecule has 0 spiro atoms. The summed E-state index contributed by atoms with van der Waals surface area (Å²) in [4.78, 5) is 25.0. The molecule has 3 nitrogen and oxygen atoms in total. The van der Waals surface area contributed by atoms with Gasteiger partial charge >= 0.3 is 0 Å². The van der Waals surface area contributed by atoms with Crippen molar-refractivity contribution in [3.05, 3.63) is 108 Å². The van der Waals surface area contributed by atoms with E-state index in [2.05, 4.69) is 0 Å². The quantitative estimate of drug-likeness (QED) is 0.581. The van der Waals surface area contributed by atoms with Gasteiger partial charge in [-0.05, 0) is 16.7 Å². The first kappa shape index (κ1) is 15.7. The number of carbonyl (C=O) groups is 2. The van der Waals surface area contributed by atoms with Crippen molar-refractivity contribution in [3.8, 4) is 0 Å². The number of ketones is 1. The molecule has 3 aromatic carbocycles. The number of Topliss-reactive ketones (excluding diaryl/α,β-unsaturated/α-hetero) is 1. The monoisotopic (exact) mass is 315 g/mol. The molecule has 0 saturated carbocycles. The highest BCUT2D eigenvalue weighted by molar-refractivity contribution is 6.41. The number of amides is 1. The summed E-state index contributed by atoms with van der Waals surface area (Å²) in [6, 6.07) is 27.8. The maximum absolute atomic E-state index is 13.1. The Morgan fingerprint density at radius 1 is 0.583 bits per heavy atom. The van der Waals surface area contributed by atoms with Crippen LogP contribution in [0.2, 0.25) is 0 Å². The Bertz CT molecular complexity index is 746. The Labute approximate surface area is 140 Å². The van der Waals surface area contributed by atoms with Crippen LogP contribution in [-0.4, -0.2) is 11.7 Å². The summed E-state index contributed by atoms with van der Waals surface area (Å²) < 4.78 is 0. The van der Waals surface area contributed by atoms with Crippen molar-refractivity contribution in [3.63, 3.8) is 0 Å². The molecule has 0 aromatic heterocycles. The Morgan fingerprint density at radius 3 is 1.12 bits per heavy atom.